The fourth-order valence-electron chi connectivity index (χ4n) is 9.98. The molecular formula is C56H118N2O3+2. The van der Waals surface area contributed by atoms with Crippen molar-refractivity contribution in [2.24, 2.45) is 0 Å². The van der Waals surface area contributed by atoms with Gasteiger partial charge in [-0.15, -0.1) is 0 Å². The van der Waals surface area contributed by atoms with Crippen molar-refractivity contribution in [1.29, 1.82) is 0 Å². The third-order valence-electron chi connectivity index (χ3n) is 14.1. The zero-order chi connectivity index (χ0) is 44.8. The van der Waals surface area contributed by atoms with Crippen molar-refractivity contribution in [3.05, 3.63) is 0 Å². The quantitative estimate of drug-likeness (QED) is 0.0473. The molecule has 5 nitrogen and oxygen atoms in total. The Bertz CT molecular complexity index is 725. The minimum Gasteiger partial charge on any atom is -0.385 e. The van der Waals surface area contributed by atoms with Gasteiger partial charge in [-0.3, -0.25) is 0 Å². The number of unbranched alkanes of at least 4 members (excludes halogenated alkanes) is 36. The van der Waals surface area contributed by atoms with E-state index in [-0.39, 0.29) is 0 Å². The summed E-state index contributed by atoms with van der Waals surface area (Å²) in [5.74, 6) is 0. The van der Waals surface area contributed by atoms with Gasteiger partial charge in [0.25, 0.3) is 0 Å². The Morgan fingerprint density at radius 1 is 0.279 bits per heavy atom. The second-order valence-electron chi connectivity index (χ2n) is 21.1. The largest absolute Gasteiger partial charge is 0.385 e. The molecule has 0 aliphatic rings. The Morgan fingerprint density at radius 2 is 0.443 bits per heavy atom. The summed E-state index contributed by atoms with van der Waals surface area (Å²) >= 11 is 0. The number of nitrogens with zero attached hydrogens (tertiary/aromatic N) is 2. The topological polar surface area (TPSA) is 49.7 Å². The summed E-state index contributed by atoms with van der Waals surface area (Å²) in [4.78, 5) is 0. The molecule has 0 heterocycles. The summed E-state index contributed by atoms with van der Waals surface area (Å²) in [6, 6.07) is 0. The van der Waals surface area contributed by atoms with Crippen LogP contribution in [0.3, 0.4) is 0 Å². The molecular weight excluding hydrogens is 749 g/mol. The Labute approximate surface area is 385 Å². The van der Waals surface area contributed by atoms with Gasteiger partial charge >= 0.3 is 0 Å². The first-order chi connectivity index (χ1) is 29.7. The molecule has 0 bridgehead atoms. The van der Waals surface area contributed by atoms with Crippen molar-refractivity contribution in [2.75, 3.05) is 66.6 Å². The molecule has 0 saturated carbocycles. The second-order valence-corrected chi connectivity index (χ2v) is 21.1. The lowest BCUT2D eigenvalue weighted by Gasteiger charge is -2.37. The monoisotopic (exact) mass is 867 g/mol. The van der Waals surface area contributed by atoms with Crippen molar-refractivity contribution >= 4 is 0 Å². The Balaban J connectivity index is 4.94. The number of quaternary nitrogens is 2. The number of aliphatic hydroxyl groups excluding tert-OH is 2. The molecule has 0 saturated heterocycles. The number of rotatable bonds is 52. The molecule has 0 radical (unpaired) electrons. The first-order valence-electron chi connectivity index (χ1n) is 28.3. The van der Waals surface area contributed by atoms with Crippen molar-refractivity contribution in [3.8, 4) is 0 Å². The lowest BCUT2D eigenvalue weighted by molar-refractivity contribution is -0.913. The third kappa shape index (κ3) is 43.5. The third-order valence-corrected chi connectivity index (χ3v) is 14.1. The predicted molar refractivity (Wildman–Crippen MR) is 272 cm³/mol. The molecule has 0 aromatic carbocycles. The van der Waals surface area contributed by atoms with Crippen LogP contribution in [0.2, 0.25) is 0 Å². The fraction of sp³-hybridized carbons (Fsp3) is 1.00. The first kappa shape index (κ1) is 60.8. The zero-order valence-electron chi connectivity index (χ0n) is 43.3. The summed E-state index contributed by atoms with van der Waals surface area (Å²) in [5.41, 5.74) is 0. The van der Waals surface area contributed by atoms with E-state index in [0.717, 1.165) is 48.2 Å². The maximum Gasteiger partial charge on any atom is 0.126 e. The standard InChI is InChI=1S/C56H118N2O3/c1-7-11-15-19-23-27-31-35-39-43-47-57(5,48-44-40-36-32-28-24-20-16-12-8-2)51-55(59)53-61-54-56(60)52-58(6,49-45-41-37-33-29-25-21-17-13-9-3)50-46-42-38-34-30-26-22-18-14-10-4/h55-56,59-60H,7-54H2,1-6H3/q+2. The van der Waals surface area contributed by atoms with E-state index >= 15 is 0 Å². The van der Waals surface area contributed by atoms with E-state index < -0.39 is 12.2 Å². The van der Waals surface area contributed by atoms with Gasteiger partial charge in [-0.25, -0.2) is 0 Å². The van der Waals surface area contributed by atoms with Gasteiger partial charge in [-0.2, -0.15) is 0 Å². The van der Waals surface area contributed by atoms with Crippen LogP contribution in [0.15, 0.2) is 0 Å². The molecule has 0 aliphatic heterocycles. The molecule has 2 unspecified atom stereocenters. The molecule has 0 amide bonds. The molecule has 0 aromatic rings. The van der Waals surface area contributed by atoms with E-state index in [4.69, 9.17) is 4.74 Å². The lowest BCUT2D eigenvalue weighted by atomic mass is 10.1. The van der Waals surface area contributed by atoms with Gasteiger partial charge in [0.05, 0.1) is 53.5 Å². The molecule has 0 aromatic heterocycles. The van der Waals surface area contributed by atoms with Crippen molar-refractivity contribution in [3.63, 3.8) is 0 Å². The smallest absolute Gasteiger partial charge is 0.126 e. The van der Waals surface area contributed by atoms with Crippen molar-refractivity contribution in [2.45, 2.75) is 297 Å². The van der Waals surface area contributed by atoms with Gasteiger partial charge in [-0.05, 0) is 51.4 Å². The highest BCUT2D eigenvalue weighted by Crippen LogP contribution is 2.19. The minimum absolute atomic E-state index is 0.335. The van der Waals surface area contributed by atoms with Gasteiger partial charge in [0.2, 0.25) is 0 Å². The van der Waals surface area contributed by atoms with Gasteiger partial charge < -0.3 is 23.9 Å². The zero-order valence-corrected chi connectivity index (χ0v) is 43.3. The number of likely N-dealkylation sites (N-methyl/N-ethyl adjacent to an activating group) is 2. The summed E-state index contributed by atoms with van der Waals surface area (Å²) < 4.78 is 8.05. The van der Waals surface area contributed by atoms with Crippen LogP contribution in [0.4, 0.5) is 0 Å². The molecule has 61 heavy (non-hydrogen) atoms. The molecule has 0 fully saturated rings. The van der Waals surface area contributed by atoms with E-state index in [1.807, 2.05) is 0 Å². The maximum atomic E-state index is 11.3. The molecule has 0 rings (SSSR count). The van der Waals surface area contributed by atoms with Gasteiger partial charge in [0, 0.05) is 0 Å². The number of hydrogen-bond acceptors (Lipinski definition) is 3. The molecule has 5 heteroatoms. The highest BCUT2D eigenvalue weighted by Gasteiger charge is 2.27. The van der Waals surface area contributed by atoms with Crippen LogP contribution in [0.5, 0.6) is 0 Å². The fourth-order valence-corrected chi connectivity index (χ4v) is 9.98. The van der Waals surface area contributed by atoms with Crippen LogP contribution in [0.1, 0.15) is 285 Å². The highest BCUT2D eigenvalue weighted by molar-refractivity contribution is 4.61. The van der Waals surface area contributed by atoms with Crippen LogP contribution in [0.25, 0.3) is 0 Å². The minimum atomic E-state index is -0.484. The van der Waals surface area contributed by atoms with Gasteiger partial charge in [-0.1, -0.05) is 233 Å². The Morgan fingerprint density at radius 3 is 0.623 bits per heavy atom. The van der Waals surface area contributed by atoms with E-state index in [9.17, 15) is 10.2 Å². The average molecular weight is 868 g/mol. The molecule has 2 N–H and O–H groups in total. The van der Waals surface area contributed by atoms with Crippen molar-refractivity contribution in [1.82, 2.24) is 0 Å². The van der Waals surface area contributed by atoms with Gasteiger partial charge in [0.1, 0.15) is 25.3 Å². The summed E-state index contributed by atoms with van der Waals surface area (Å²) in [6.07, 6.45) is 53.6. The summed E-state index contributed by atoms with van der Waals surface area (Å²) in [5, 5.41) is 22.7. The van der Waals surface area contributed by atoms with E-state index in [1.165, 1.54) is 257 Å². The first-order valence-corrected chi connectivity index (χ1v) is 28.3. The molecule has 2 atom stereocenters. The SMILES string of the molecule is CCCCCCCCCCCC[N+](C)(CCCCCCCCCCCC)CC(O)COCC(O)C[N+](C)(CCCCCCCCCCCC)CCCCCCCCCCCC. The van der Waals surface area contributed by atoms with E-state index in [0.29, 0.717) is 13.2 Å². The summed E-state index contributed by atoms with van der Waals surface area (Å²) in [7, 11) is 4.79. The van der Waals surface area contributed by atoms with E-state index in [2.05, 4.69) is 41.8 Å². The number of hydrogen-bond donors (Lipinski definition) is 2. The Kier molecular flexibility index (Phi) is 46.2. The van der Waals surface area contributed by atoms with Crippen LogP contribution >= 0.6 is 0 Å². The van der Waals surface area contributed by atoms with Crippen LogP contribution in [0, 0.1) is 0 Å². The number of ether oxygens (including phenoxy) is 1. The maximum absolute atomic E-state index is 11.3. The normalized spacial score (nSPS) is 13.4. The van der Waals surface area contributed by atoms with Gasteiger partial charge in [0.15, 0.2) is 0 Å². The second kappa shape index (κ2) is 46.3. The molecule has 0 spiro atoms. The molecule has 368 valence electrons. The van der Waals surface area contributed by atoms with Crippen LogP contribution in [-0.2, 0) is 4.74 Å². The van der Waals surface area contributed by atoms with E-state index in [1.54, 1.807) is 0 Å². The van der Waals surface area contributed by atoms with Crippen LogP contribution in [-0.4, -0.2) is 98.0 Å². The number of aliphatic hydroxyl groups is 2. The average Bonchev–Trinajstić information content (AvgIpc) is 3.23. The molecule has 0 aliphatic carbocycles. The highest BCUT2D eigenvalue weighted by atomic mass is 16.5. The predicted octanol–water partition coefficient (Wildman–Crippen LogP) is 16.3. The van der Waals surface area contributed by atoms with Crippen molar-refractivity contribution < 1.29 is 23.9 Å². The Hall–Kier alpha value is -0.200. The lowest BCUT2D eigenvalue weighted by Crippen LogP contribution is -2.52. The van der Waals surface area contributed by atoms with Crippen LogP contribution < -0.4 is 0 Å². The summed E-state index contributed by atoms with van der Waals surface area (Å²) in [6.45, 7) is 16.0.